The lowest BCUT2D eigenvalue weighted by Gasteiger charge is -2.40. The summed E-state index contributed by atoms with van der Waals surface area (Å²) in [5, 5.41) is 2.65. The summed E-state index contributed by atoms with van der Waals surface area (Å²) in [7, 11) is 0. The van der Waals surface area contributed by atoms with Crippen LogP contribution in [0.2, 0.25) is 0 Å². The predicted molar refractivity (Wildman–Crippen MR) is 144 cm³/mol. The van der Waals surface area contributed by atoms with Gasteiger partial charge in [-0.3, -0.25) is 4.90 Å². The van der Waals surface area contributed by atoms with Crippen molar-refractivity contribution in [2.24, 2.45) is 0 Å². The van der Waals surface area contributed by atoms with Crippen LogP contribution in [0.1, 0.15) is 54.4 Å². The smallest absolute Gasteiger partial charge is 0.410 e. The second-order valence-corrected chi connectivity index (χ2v) is 12.6. The Morgan fingerprint density at radius 2 is 1.74 bits per heavy atom. The number of anilines is 1. The van der Waals surface area contributed by atoms with E-state index in [1.54, 1.807) is 12.3 Å². The largest absolute Gasteiger partial charge is 0.482 e. The number of oxazole rings is 1. The molecule has 11 heteroatoms. The molecular formula is C27H34N4O6S. The first-order valence-electron chi connectivity index (χ1n) is 12.8. The monoisotopic (exact) mass is 542 g/mol. The Balaban J connectivity index is 1.39. The molecule has 0 N–H and O–H groups in total. The highest BCUT2D eigenvalue weighted by atomic mass is 32.1. The number of fused-ring (bicyclic) bond motifs is 3. The zero-order valence-corrected chi connectivity index (χ0v) is 23.5. The Labute approximate surface area is 225 Å². The Morgan fingerprint density at radius 1 is 1.05 bits per heavy atom. The van der Waals surface area contributed by atoms with Crippen LogP contribution < -0.4 is 9.64 Å². The standard InChI is InChI=1S/C27H34N4O6S/c1-26(2,3)36-21(32)15-34-18-11-19(23-28-9-10-38-23)22-20(12-18)29-24(35-22)30-13-16-7-8-17(14-30)31(16)25(33)37-27(4,5)6/h9-12,16-17H,7-8,13-15H2,1-6H3. The molecule has 2 unspecified atom stereocenters. The quantitative estimate of drug-likeness (QED) is 0.399. The van der Waals surface area contributed by atoms with Crippen molar-refractivity contribution in [2.75, 3.05) is 24.6 Å². The summed E-state index contributed by atoms with van der Waals surface area (Å²) in [4.78, 5) is 38.3. The molecule has 0 spiro atoms. The Morgan fingerprint density at radius 3 is 2.34 bits per heavy atom. The molecule has 0 saturated carbocycles. The lowest BCUT2D eigenvalue weighted by atomic mass is 10.2. The van der Waals surface area contributed by atoms with Crippen molar-refractivity contribution in [3.8, 4) is 16.3 Å². The van der Waals surface area contributed by atoms with Gasteiger partial charge in [-0.1, -0.05) is 0 Å². The van der Waals surface area contributed by atoms with Crippen molar-refractivity contribution < 1.29 is 28.2 Å². The molecule has 10 nitrogen and oxygen atoms in total. The molecule has 0 aliphatic carbocycles. The van der Waals surface area contributed by atoms with E-state index in [1.807, 2.05) is 57.9 Å². The van der Waals surface area contributed by atoms with Gasteiger partial charge < -0.3 is 23.5 Å². The molecule has 1 aromatic carbocycles. The number of hydrogen-bond donors (Lipinski definition) is 0. The number of nitrogens with zero attached hydrogens (tertiary/aromatic N) is 4. The van der Waals surface area contributed by atoms with E-state index in [0.717, 1.165) is 23.4 Å². The number of amides is 1. The number of benzene rings is 1. The normalized spacial score (nSPS) is 19.6. The van der Waals surface area contributed by atoms with Crippen LogP contribution >= 0.6 is 11.3 Å². The minimum Gasteiger partial charge on any atom is -0.482 e. The van der Waals surface area contributed by atoms with E-state index in [1.165, 1.54) is 11.3 Å². The summed E-state index contributed by atoms with van der Waals surface area (Å²) in [6.07, 6.45) is 3.28. The number of piperazine rings is 1. The summed E-state index contributed by atoms with van der Waals surface area (Å²) in [6.45, 7) is 12.1. The minimum atomic E-state index is -0.593. The number of thiazole rings is 1. The van der Waals surface area contributed by atoms with Gasteiger partial charge in [0.15, 0.2) is 12.2 Å². The molecule has 2 bridgehead atoms. The van der Waals surface area contributed by atoms with E-state index in [-0.39, 0.29) is 24.8 Å². The highest BCUT2D eigenvalue weighted by Crippen LogP contribution is 2.39. The molecule has 2 fully saturated rings. The first-order valence-corrected chi connectivity index (χ1v) is 13.7. The van der Waals surface area contributed by atoms with Gasteiger partial charge in [0.05, 0.1) is 17.6 Å². The number of hydrogen-bond acceptors (Lipinski definition) is 10. The molecule has 1 amide bonds. The van der Waals surface area contributed by atoms with Gasteiger partial charge in [0.25, 0.3) is 6.01 Å². The third kappa shape index (κ3) is 5.72. The van der Waals surface area contributed by atoms with Crippen LogP contribution in [0, 0.1) is 0 Å². The highest BCUT2D eigenvalue weighted by Gasteiger charge is 2.45. The average molecular weight is 543 g/mol. The third-order valence-electron chi connectivity index (χ3n) is 6.25. The molecule has 2 saturated heterocycles. The molecule has 2 atom stereocenters. The van der Waals surface area contributed by atoms with E-state index >= 15 is 0 Å². The molecule has 4 heterocycles. The summed E-state index contributed by atoms with van der Waals surface area (Å²) in [5.41, 5.74) is 0.814. The summed E-state index contributed by atoms with van der Waals surface area (Å²) in [5.74, 6) is 0.0239. The number of carbonyl (C=O) groups excluding carboxylic acids is 2. The zero-order chi connectivity index (χ0) is 27.2. The number of aromatic nitrogens is 2. The maximum absolute atomic E-state index is 12.9. The van der Waals surface area contributed by atoms with Gasteiger partial charge in [-0.25, -0.2) is 14.6 Å². The number of esters is 1. The Hall–Kier alpha value is -3.34. The van der Waals surface area contributed by atoms with E-state index in [2.05, 4.69) is 9.88 Å². The molecular weight excluding hydrogens is 508 g/mol. The second-order valence-electron chi connectivity index (χ2n) is 11.7. The van der Waals surface area contributed by atoms with Crippen LogP contribution in [-0.2, 0) is 14.3 Å². The zero-order valence-electron chi connectivity index (χ0n) is 22.6. The van der Waals surface area contributed by atoms with E-state index in [0.29, 0.717) is 36.0 Å². The number of ether oxygens (including phenoxy) is 3. The summed E-state index contributed by atoms with van der Waals surface area (Å²) < 4.78 is 23.1. The van der Waals surface area contributed by atoms with Crippen molar-refractivity contribution in [3.05, 3.63) is 23.7 Å². The third-order valence-corrected chi connectivity index (χ3v) is 7.06. The van der Waals surface area contributed by atoms with Gasteiger partial charge in [-0.05, 0) is 60.5 Å². The maximum Gasteiger partial charge on any atom is 0.410 e. The molecule has 2 aliphatic rings. The van der Waals surface area contributed by atoms with E-state index in [9.17, 15) is 9.59 Å². The molecule has 3 aromatic rings. The van der Waals surface area contributed by atoms with Crippen LogP contribution in [0.3, 0.4) is 0 Å². The van der Waals surface area contributed by atoms with Crippen molar-refractivity contribution >= 4 is 40.5 Å². The van der Waals surface area contributed by atoms with Crippen LogP contribution in [0.25, 0.3) is 21.7 Å². The second kappa shape index (κ2) is 9.76. The lowest BCUT2D eigenvalue weighted by Crippen LogP contribution is -2.56. The molecule has 0 radical (unpaired) electrons. The van der Waals surface area contributed by atoms with Crippen LogP contribution in [0.4, 0.5) is 10.8 Å². The first-order chi connectivity index (χ1) is 17.9. The average Bonchev–Trinajstić information content (AvgIpc) is 3.53. The molecule has 2 aromatic heterocycles. The maximum atomic E-state index is 12.9. The van der Waals surface area contributed by atoms with Gasteiger partial charge in [-0.15, -0.1) is 11.3 Å². The molecule has 38 heavy (non-hydrogen) atoms. The predicted octanol–water partition coefficient (Wildman–Crippen LogP) is 5.26. The lowest BCUT2D eigenvalue weighted by molar-refractivity contribution is -0.157. The van der Waals surface area contributed by atoms with Crippen molar-refractivity contribution in [3.63, 3.8) is 0 Å². The van der Waals surface area contributed by atoms with Crippen molar-refractivity contribution in [1.29, 1.82) is 0 Å². The van der Waals surface area contributed by atoms with E-state index < -0.39 is 17.2 Å². The molecule has 2 aliphatic heterocycles. The Kier molecular flexibility index (Phi) is 6.75. The summed E-state index contributed by atoms with van der Waals surface area (Å²) in [6, 6.07) is 4.12. The fraction of sp³-hybridized carbons (Fsp3) is 0.556. The van der Waals surface area contributed by atoms with Gasteiger partial charge >= 0.3 is 12.1 Å². The minimum absolute atomic E-state index is 0.0322. The van der Waals surface area contributed by atoms with Crippen LogP contribution in [0.5, 0.6) is 5.75 Å². The van der Waals surface area contributed by atoms with Crippen molar-refractivity contribution in [1.82, 2.24) is 14.9 Å². The van der Waals surface area contributed by atoms with Gasteiger partial charge in [0.1, 0.15) is 27.5 Å². The SMILES string of the molecule is CC(C)(C)OC(=O)COc1cc(-c2nccs2)c2oc(N3CC4CCC(C3)N4C(=O)OC(C)(C)C)nc2c1. The fourth-order valence-electron chi connectivity index (χ4n) is 4.91. The van der Waals surface area contributed by atoms with Gasteiger partial charge in [0, 0.05) is 30.7 Å². The first kappa shape index (κ1) is 26.3. The molecule has 5 rings (SSSR count). The van der Waals surface area contributed by atoms with Crippen LogP contribution in [0.15, 0.2) is 28.1 Å². The highest BCUT2D eigenvalue weighted by molar-refractivity contribution is 7.13. The number of carbonyl (C=O) groups is 2. The topological polar surface area (TPSA) is 107 Å². The van der Waals surface area contributed by atoms with Crippen LogP contribution in [-0.4, -0.2) is 69.9 Å². The van der Waals surface area contributed by atoms with E-state index in [4.69, 9.17) is 23.6 Å². The number of rotatable bonds is 5. The van der Waals surface area contributed by atoms with Gasteiger partial charge in [0.2, 0.25) is 0 Å². The Bertz CT molecular complexity index is 1310. The molecule has 204 valence electrons. The van der Waals surface area contributed by atoms with Gasteiger partial charge in [-0.2, -0.15) is 4.98 Å². The fourth-order valence-corrected chi connectivity index (χ4v) is 5.57. The van der Waals surface area contributed by atoms with Crippen molar-refractivity contribution in [2.45, 2.75) is 77.7 Å². The summed E-state index contributed by atoms with van der Waals surface area (Å²) >= 11 is 1.48.